The summed E-state index contributed by atoms with van der Waals surface area (Å²) in [5.74, 6) is 0.539. The van der Waals surface area contributed by atoms with Crippen LogP contribution in [-0.2, 0) is 7.05 Å². The van der Waals surface area contributed by atoms with E-state index in [9.17, 15) is 0 Å². The Bertz CT molecular complexity index is 740. The Morgan fingerprint density at radius 1 is 1.12 bits per heavy atom. The van der Waals surface area contributed by atoms with E-state index in [-0.39, 0.29) is 0 Å². The summed E-state index contributed by atoms with van der Waals surface area (Å²) in [5.41, 5.74) is 10.1. The van der Waals surface area contributed by atoms with E-state index in [1.807, 2.05) is 7.05 Å². The Kier molecular flexibility index (Phi) is 1.90. The number of aryl methyl sites for hydroxylation is 3. The molecule has 17 heavy (non-hydrogen) atoms. The summed E-state index contributed by atoms with van der Waals surface area (Å²) in [6.07, 6.45) is 0. The normalized spacial score (nSPS) is 11.5. The minimum absolute atomic E-state index is 0.539. The lowest BCUT2D eigenvalue weighted by atomic mass is 10.1. The van der Waals surface area contributed by atoms with Gasteiger partial charge in [0.1, 0.15) is 0 Å². The molecule has 3 rings (SSSR count). The molecule has 0 aliphatic heterocycles. The first-order valence-electron chi connectivity index (χ1n) is 5.56. The molecule has 2 N–H and O–H groups in total. The smallest absolute Gasteiger partial charge is 0.160 e. The van der Waals surface area contributed by atoms with Crippen LogP contribution in [0.25, 0.3) is 21.9 Å². The van der Waals surface area contributed by atoms with Crippen LogP contribution in [-0.4, -0.2) is 14.8 Å². The fourth-order valence-electron chi connectivity index (χ4n) is 2.32. The molecule has 0 fully saturated rings. The molecule has 1 aromatic carbocycles. The van der Waals surface area contributed by atoms with Crippen molar-refractivity contribution in [2.24, 2.45) is 7.05 Å². The molecule has 4 nitrogen and oxygen atoms in total. The Morgan fingerprint density at radius 2 is 1.88 bits per heavy atom. The van der Waals surface area contributed by atoms with Crippen molar-refractivity contribution in [3.8, 4) is 0 Å². The molecule has 86 valence electrons. The molecule has 2 aromatic heterocycles. The van der Waals surface area contributed by atoms with Gasteiger partial charge in [-0.25, -0.2) is 9.67 Å². The van der Waals surface area contributed by atoms with Crippen molar-refractivity contribution >= 4 is 27.8 Å². The highest BCUT2D eigenvalue weighted by Gasteiger charge is 2.10. The number of hydrogen-bond acceptors (Lipinski definition) is 3. The maximum absolute atomic E-state index is 5.88. The predicted octanol–water partition coefficient (Wildman–Crippen LogP) is 2.32. The molecule has 0 unspecified atom stereocenters. The molecule has 3 aromatic rings. The van der Waals surface area contributed by atoms with Crippen LogP contribution in [0.15, 0.2) is 18.2 Å². The van der Waals surface area contributed by atoms with E-state index in [2.05, 4.69) is 42.1 Å². The minimum atomic E-state index is 0.539. The summed E-state index contributed by atoms with van der Waals surface area (Å²) in [4.78, 5) is 4.64. The van der Waals surface area contributed by atoms with Crippen LogP contribution in [0.5, 0.6) is 0 Å². The van der Waals surface area contributed by atoms with Crippen LogP contribution in [0.1, 0.15) is 11.1 Å². The molecule has 0 bridgehead atoms. The number of rotatable bonds is 0. The highest BCUT2D eigenvalue weighted by molar-refractivity contribution is 5.97. The number of pyridine rings is 1. The van der Waals surface area contributed by atoms with E-state index in [0.29, 0.717) is 5.82 Å². The SMILES string of the molecule is Cc1cc(C)c2cc3c(N)nn(C)c3nc2c1. The van der Waals surface area contributed by atoms with Crippen molar-refractivity contribution < 1.29 is 0 Å². The van der Waals surface area contributed by atoms with E-state index in [0.717, 1.165) is 21.9 Å². The van der Waals surface area contributed by atoms with Crippen molar-refractivity contribution in [1.29, 1.82) is 0 Å². The third-order valence-corrected chi connectivity index (χ3v) is 3.11. The number of benzene rings is 1. The third kappa shape index (κ3) is 1.37. The average molecular weight is 226 g/mol. The second-order valence-corrected chi connectivity index (χ2v) is 4.52. The Balaban J connectivity index is 2.54. The maximum atomic E-state index is 5.88. The summed E-state index contributed by atoms with van der Waals surface area (Å²) in [7, 11) is 1.86. The van der Waals surface area contributed by atoms with Crippen molar-refractivity contribution in [3.05, 3.63) is 29.3 Å². The van der Waals surface area contributed by atoms with Gasteiger partial charge in [0.15, 0.2) is 11.5 Å². The molecule has 0 saturated heterocycles. The van der Waals surface area contributed by atoms with Crippen molar-refractivity contribution in [2.75, 3.05) is 5.73 Å². The molecular formula is C13H14N4. The molecular weight excluding hydrogens is 212 g/mol. The zero-order valence-electron chi connectivity index (χ0n) is 10.2. The second-order valence-electron chi connectivity index (χ2n) is 4.52. The number of fused-ring (bicyclic) bond motifs is 2. The van der Waals surface area contributed by atoms with Gasteiger partial charge in [-0.2, -0.15) is 5.10 Å². The zero-order valence-corrected chi connectivity index (χ0v) is 10.2. The quantitative estimate of drug-likeness (QED) is 0.640. The Hall–Kier alpha value is -2.10. The fourth-order valence-corrected chi connectivity index (χ4v) is 2.32. The summed E-state index contributed by atoms with van der Waals surface area (Å²) < 4.78 is 1.72. The van der Waals surface area contributed by atoms with Crippen LogP contribution in [0.2, 0.25) is 0 Å². The summed E-state index contributed by atoms with van der Waals surface area (Å²) in [6, 6.07) is 6.32. The van der Waals surface area contributed by atoms with Gasteiger partial charge in [-0.3, -0.25) is 0 Å². The lowest BCUT2D eigenvalue weighted by Crippen LogP contribution is -1.93. The summed E-state index contributed by atoms with van der Waals surface area (Å²) >= 11 is 0. The van der Waals surface area contributed by atoms with Crippen LogP contribution in [0.4, 0.5) is 5.82 Å². The van der Waals surface area contributed by atoms with Gasteiger partial charge in [0.25, 0.3) is 0 Å². The van der Waals surface area contributed by atoms with Gasteiger partial charge in [0, 0.05) is 12.4 Å². The fraction of sp³-hybridized carbons (Fsp3) is 0.231. The second kappa shape index (κ2) is 3.20. The lowest BCUT2D eigenvalue weighted by Gasteiger charge is -2.04. The van der Waals surface area contributed by atoms with Crippen LogP contribution in [0, 0.1) is 13.8 Å². The highest BCUT2D eigenvalue weighted by Crippen LogP contribution is 2.26. The van der Waals surface area contributed by atoms with Crippen LogP contribution >= 0.6 is 0 Å². The van der Waals surface area contributed by atoms with Gasteiger partial charge in [-0.1, -0.05) is 6.07 Å². The Labute approximate surface area is 99.1 Å². The number of nitrogens with zero attached hydrogens (tertiary/aromatic N) is 3. The largest absolute Gasteiger partial charge is 0.382 e. The lowest BCUT2D eigenvalue weighted by molar-refractivity contribution is 0.792. The van der Waals surface area contributed by atoms with Gasteiger partial charge in [-0.05, 0) is 37.1 Å². The first-order valence-corrected chi connectivity index (χ1v) is 5.56. The molecule has 0 atom stereocenters. The molecule has 0 radical (unpaired) electrons. The number of nitrogen functional groups attached to an aromatic ring is 1. The molecule has 0 spiro atoms. The molecule has 0 aliphatic carbocycles. The van der Waals surface area contributed by atoms with Crippen LogP contribution in [0.3, 0.4) is 0 Å². The molecule has 0 saturated carbocycles. The maximum Gasteiger partial charge on any atom is 0.160 e. The Morgan fingerprint density at radius 3 is 2.65 bits per heavy atom. The monoisotopic (exact) mass is 226 g/mol. The first-order chi connectivity index (χ1) is 8.06. The zero-order chi connectivity index (χ0) is 12.2. The number of aromatic nitrogens is 3. The number of nitrogens with two attached hydrogens (primary N) is 1. The van der Waals surface area contributed by atoms with E-state index in [1.54, 1.807) is 4.68 Å². The predicted molar refractivity (Wildman–Crippen MR) is 69.9 cm³/mol. The van der Waals surface area contributed by atoms with E-state index in [4.69, 9.17) is 5.73 Å². The van der Waals surface area contributed by atoms with Gasteiger partial charge < -0.3 is 5.73 Å². The minimum Gasteiger partial charge on any atom is -0.382 e. The summed E-state index contributed by atoms with van der Waals surface area (Å²) in [6.45, 7) is 4.17. The van der Waals surface area contributed by atoms with Gasteiger partial charge in [0.2, 0.25) is 0 Å². The average Bonchev–Trinajstić information content (AvgIpc) is 2.52. The standard InChI is InChI=1S/C13H14N4/c1-7-4-8(2)9-6-10-12(14)16-17(3)13(10)15-11(9)5-7/h4-6H,1-3H3,(H2,14,16). The van der Waals surface area contributed by atoms with Gasteiger partial charge in [0.05, 0.1) is 10.9 Å². The number of hydrogen-bond donors (Lipinski definition) is 1. The van der Waals surface area contributed by atoms with Gasteiger partial charge in [-0.15, -0.1) is 0 Å². The topological polar surface area (TPSA) is 56.7 Å². The third-order valence-electron chi connectivity index (χ3n) is 3.11. The molecule has 0 aliphatic rings. The molecule has 0 amide bonds. The van der Waals surface area contributed by atoms with E-state index in [1.165, 1.54) is 11.1 Å². The first kappa shape index (κ1) is 10.1. The van der Waals surface area contributed by atoms with Crippen molar-refractivity contribution in [2.45, 2.75) is 13.8 Å². The summed E-state index contributed by atoms with van der Waals surface area (Å²) in [5, 5.41) is 6.26. The molecule has 2 heterocycles. The van der Waals surface area contributed by atoms with Crippen molar-refractivity contribution in [3.63, 3.8) is 0 Å². The highest BCUT2D eigenvalue weighted by atomic mass is 15.3. The van der Waals surface area contributed by atoms with Crippen molar-refractivity contribution in [1.82, 2.24) is 14.8 Å². The van der Waals surface area contributed by atoms with Crippen LogP contribution < -0.4 is 5.73 Å². The number of anilines is 1. The van der Waals surface area contributed by atoms with Gasteiger partial charge >= 0.3 is 0 Å². The van der Waals surface area contributed by atoms with E-state index < -0.39 is 0 Å². The molecule has 4 heteroatoms. The van der Waals surface area contributed by atoms with E-state index >= 15 is 0 Å².